The number of H-pyrrole nitrogens is 1. The number of fused-ring (bicyclic) bond motifs is 1. The van der Waals surface area contributed by atoms with E-state index >= 15 is 0 Å². The summed E-state index contributed by atoms with van der Waals surface area (Å²) in [5.74, 6) is 0.114. The lowest BCUT2D eigenvalue weighted by Gasteiger charge is -2.05. The summed E-state index contributed by atoms with van der Waals surface area (Å²) in [6.07, 6.45) is 4.68. The predicted octanol–water partition coefficient (Wildman–Crippen LogP) is 3.00. The van der Waals surface area contributed by atoms with Gasteiger partial charge in [-0.2, -0.15) is 13.5 Å². The number of hydrazone groups is 1. The Balaban J connectivity index is 1.61. The van der Waals surface area contributed by atoms with Gasteiger partial charge in [0.15, 0.2) is 5.58 Å². The van der Waals surface area contributed by atoms with E-state index in [1.807, 2.05) is 12.1 Å². The van der Waals surface area contributed by atoms with Crippen molar-refractivity contribution in [1.29, 1.82) is 0 Å². The van der Waals surface area contributed by atoms with Crippen LogP contribution in [0.25, 0.3) is 11.1 Å². The molecule has 28 heavy (non-hydrogen) atoms. The second-order valence-electron chi connectivity index (χ2n) is 6.15. The number of nitrogens with zero attached hydrogens (tertiary/aromatic N) is 1. The van der Waals surface area contributed by atoms with Gasteiger partial charge in [0.1, 0.15) is 5.75 Å². The van der Waals surface area contributed by atoms with Gasteiger partial charge < -0.3 is 9.15 Å². The van der Waals surface area contributed by atoms with Gasteiger partial charge in [-0.1, -0.05) is 19.8 Å². The Kier molecular flexibility index (Phi) is 6.15. The van der Waals surface area contributed by atoms with E-state index in [0.29, 0.717) is 12.1 Å². The van der Waals surface area contributed by atoms with Crippen molar-refractivity contribution >= 4 is 27.3 Å². The van der Waals surface area contributed by atoms with E-state index in [1.54, 1.807) is 12.1 Å². The van der Waals surface area contributed by atoms with Gasteiger partial charge in [-0.15, -0.1) is 0 Å². The highest BCUT2D eigenvalue weighted by molar-refractivity contribution is 7.89. The molecule has 9 heteroatoms. The average molecular weight is 403 g/mol. The fraction of sp³-hybridized carbons (Fsp3) is 0.263. The molecule has 0 saturated heterocycles. The number of unbranched alkanes of at least 4 members (excludes halogenated alkanes) is 2. The minimum atomic E-state index is -3.89. The van der Waals surface area contributed by atoms with E-state index in [0.717, 1.165) is 30.6 Å². The Morgan fingerprint density at radius 2 is 1.96 bits per heavy atom. The highest BCUT2D eigenvalue weighted by atomic mass is 32.2. The van der Waals surface area contributed by atoms with Gasteiger partial charge in [-0.25, -0.2) is 9.63 Å². The molecule has 0 unspecified atom stereocenters. The third-order valence-corrected chi connectivity index (χ3v) is 5.21. The first-order valence-electron chi connectivity index (χ1n) is 8.88. The molecule has 0 bridgehead atoms. The summed E-state index contributed by atoms with van der Waals surface area (Å²) in [5.41, 5.74) is 1.30. The predicted molar refractivity (Wildman–Crippen MR) is 106 cm³/mol. The standard InChI is InChI=1S/C19H21N3O5S/c1-2-3-4-11-26-15-7-5-14(6-8-15)13-20-22-28(24,25)16-9-10-17-18(12-16)27-19(23)21-17/h5-10,12-13,22H,2-4,11H2,1H3,(H,21,23)/b20-13+. The maximum atomic E-state index is 12.3. The smallest absolute Gasteiger partial charge is 0.417 e. The number of aromatic amines is 1. The fourth-order valence-electron chi connectivity index (χ4n) is 2.51. The number of aromatic nitrogens is 1. The van der Waals surface area contributed by atoms with Crippen LogP contribution in [0.1, 0.15) is 31.7 Å². The number of oxazole rings is 1. The van der Waals surface area contributed by atoms with Crippen molar-refractivity contribution in [2.75, 3.05) is 6.61 Å². The van der Waals surface area contributed by atoms with Crippen LogP contribution in [-0.4, -0.2) is 26.2 Å². The van der Waals surface area contributed by atoms with Crippen LogP contribution in [0.4, 0.5) is 0 Å². The Morgan fingerprint density at radius 1 is 1.18 bits per heavy atom. The van der Waals surface area contributed by atoms with Crippen molar-refractivity contribution in [2.45, 2.75) is 31.1 Å². The summed E-state index contributed by atoms with van der Waals surface area (Å²) >= 11 is 0. The van der Waals surface area contributed by atoms with Crippen LogP contribution >= 0.6 is 0 Å². The average Bonchev–Trinajstić information content (AvgIpc) is 3.05. The first-order valence-corrected chi connectivity index (χ1v) is 10.4. The molecule has 3 rings (SSSR count). The van der Waals surface area contributed by atoms with E-state index in [9.17, 15) is 13.2 Å². The topological polar surface area (TPSA) is 114 Å². The molecule has 0 saturated carbocycles. The van der Waals surface area contributed by atoms with E-state index < -0.39 is 15.8 Å². The molecule has 1 aromatic heterocycles. The van der Waals surface area contributed by atoms with Crippen LogP contribution in [0.2, 0.25) is 0 Å². The largest absolute Gasteiger partial charge is 0.494 e. The lowest BCUT2D eigenvalue weighted by atomic mass is 10.2. The summed E-state index contributed by atoms with van der Waals surface area (Å²) in [6.45, 7) is 2.81. The molecule has 1 heterocycles. The van der Waals surface area contributed by atoms with Crippen molar-refractivity contribution in [2.24, 2.45) is 5.10 Å². The van der Waals surface area contributed by atoms with Gasteiger partial charge >= 0.3 is 5.76 Å². The Labute approximate surface area is 162 Å². The Morgan fingerprint density at radius 3 is 2.71 bits per heavy atom. The molecule has 2 N–H and O–H groups in total. The lowest BCUT2D eigenvalue weighted by molar-refractivity contribution is 0.306. The van der Waals surface area contributed by atoms with Crippen LogP contribution in [0.15, 0.2) is 61.7 Å². The molecule has 0 atom stereocenters. The van der Waals surface area contributed by atoms with Gasteiger partial charge in [0.2, 0.25) is 0 Å². The SMILES string of the molecule is CCCCCOc1ccc(/C=N/NS(=O)(=O)c2ccc3[nH]c(=O)oc3c2)cc1. The number of hydrogen-bond acceptors (Lipinski definition) is 6. The third kappa shape index (κ3) is 5.01. The number of benzene rings is 2. The molecule has 8 nitrogen and oxygen atoms in total. The zero-order valence-electron chi connectivity index (χ0n) is 15.3. The maximum absolute atomic E-state index is 12.3. The molecule has 0 aliphatic heterocycles. The lowest BCUT2D eigenvalue weighted by Crippen LogP contribution is -2.18. The minimum Gasteiger partial charge on any atom is -0.494 e. The van der Waals surface area contributed by atoms with Gasteiger partial charge in [0.05, 0.1) is 23.2 Å². The first kappa shape index (κ1) is 19.7. The molecule has 148 valence electrons. The highest BCUT2D eigenvalue weighted by Crippen LogP contribution is 2.16. The number of sulfonamides is 1. The van der Waals surface area contributed by atoms with Crippen molar-refractivity contribution in [3.8, 4) is 5.75 Å². The van der Waals surface area contributed by atoms with E-state index in [1.165, 1.54) is 24.4 Å². The second-order valence-corrected chi connectivity index (χ2v) is 7.81. The van der Waals surface area contributed by atoms with Crippen LogP contribution in [-0.2, 0) is 10.0 Å². The molecule has 3 aromatic rings. The van der Waals surface area contributed by atoms with E-state index in [4.69, 9.17) is 9.15 Å². The molecule has 2 aromatic carbocycles. The highest BCUT2D eigenvalue weighted by Gasteiger charge is 2.14. The molecule has 0 amide bonds. The van der Waals surface area contributed by atoms with Crippen LogP contribution in [0, 0.1) is 0 Å². The summed E-state index contributed by atoms with van der Waals surface area (Å²) < 4.78 is 35.2. The zero-order chi connectivity index (χ0) is 20.0. The normalized spacial score (nSPS) is 11.9. The molecule has 0 aliphatic carbocycles. The number of rotatable bonds is 9. The molecular formula is C19H21N3O5S. The molecule has 0 spiro atoms. The second kappa shape index (κ2) is 8.75. The summed E-state index contributed by atoms with van der Waals surface area (Å²) in [7, 11) is -3.89. The monoisotopic (exact) mass is 403 g/mol. The number of hydrogen-bond donors (Lipinski definition) is 2. The minimum absolute atomic E-state index is 0.0595. The van der Waals surface area contributed by atoms with E-state index in [2.05, 4.69) is 21.8 Å². The fourth-order valence-corrected chi connectivity index (χ4v) is 3.31. The summed E-state index contributed by atoms with van der Waals surface area (Å²) in [6, 6.07) is 11.3. The van der Waals surface area contributed by atoms with Crippen LogP contribution in [0.5, 0.6) is 5.75 Å². The molecule has 0 radical (unpaired) electrons. The quantitative estimate of drug-likeness (QED) is 0.324. The van der Waals surface area contributed by atoms with Gasteiger partial charge in [0.25, 0.3) is 10.0 Å². The van der Waals surface area contributed by atoms with Gasteiger partial charge in [-0.05, 0) is 48.4 Å². The van der Waals surface area contributed by atoms with Crippen molar-refractivity contribution in [3.05, 3.63) is 58.6 Å². The van der Waals surface area contributed by atoms with Crippen molar-refractivity contribution < 1.29 is 17.6 Å². The molecule has 0 aliphatic rings. The van der Waals surface area contributed by atoms with Gasteiger partial charge in [0, 0.05) is 6.07 Å². The Hall–Kier alpha value is -3.07. The Bertz CT molecular complexity index is 1110. The van der Waals surface area contributed by atoms with Crippen molar-refractivity contribution in [1.82, 2.24) is 9.82 Å². The van der Waals surface area contributed by atoms with Crippen molar-refractivity contribution in [3.63, 3.8) is 0 Å². The maximum Gasteiger partial charge on any atom is 0.417 e. The summed E-state index contributed by atoms with van der Waals surface area (Å²) in [4.78, 5) is 15.7. The summed E-state index contributed by atoms with van der Waals surface area (Å²) in [5, 5.41) is 3.79. The van der Waals surface area contributed by atoms with Crippen LogP contribution in [0.3, 0.4) is 0 Å². The van der Waals surface area contributed by atoms with Gasteiger partial charge in [-0.3, -0.25) is 4.98 Å². The molecule has 0 fully saturated rings. The number of ether oxygens (including phenoxy) is 1. The third-order valence-electron chi connectivity index (χ3n) is 3.99. The first-order chi connectivity index (χ1) is 13.5. The van der Waals surface area contributed by atoms with E-state index in [-0.39, 0.29) is 10.5 Å². The number of nitrogens with one attached hydrogen (secondary N) is 2. The molecular weight excluding hydrogens is 382 g/mol. The zero-order valence-corrected chi connectivity index (χ0v) is 16.2. The van der Waals surface area contributed by atoms with Crippen LogP contribution < -0.4 is 15.3 Å².